The van der Waals surface area contributed by atoms with Gasteiger partial charge >= 0.3 is 5.97 Å². The summed E-state index contributed by atoms with van der Waals surface area (Å²) in [6.07, 6.45) is 0. The van der Waals surface area contributed by atoms with E-state index in [4.69, 9.17) is 27.9 Å². The van der Waals surface area contributed by atoms with Crippen molar-refractivity contribution in [1.82, 2.24) is 0 Å². The summed E-state index contributed by atoms with van der Waals surface area (Å²) in [5.74, 6) is -0.374. The molecule has 0 aliphatic carbocycles. The topological polar surface area (TPSA) is 38.3 Å². The third-order valence-corrected chi connectivity index (χ3v) is 3.49. The summed E-state index contributed by atoms with van der Waals surface area (Å²) in [5.41, 5.74) is 1.44. The smallest absolute Gasteiger partial charge is 0.333 e. The Morgan fingerprint density at radius 1 is 1.14 bits per heavy atom. The van der Waals surface area contributed by atoms with E-state index in [0.717, 1.165) is 5.69 Å². The number of anilines is 1. The largest absolute Gasteiger partial charge is 0.464 e. The van der Waals surface area contributed by atoms with E-state index in [-0.39, 0.29) is 5.97 Å². The number of carbonyl (C=O) groups is 1. The Morgan fingerprint density at radius 2 is 1.81 bits per heavy atom. The van der Waals surface area contributed by atoms with E-state index < -0.39 is 6.04 Å². The SMILES string of the molecule is CCOC(=O)C(Nc1ccc(Cl)cc1)c1ccccc1Cl. The van der Waals surface area contributed by atoms with E-state index in [1.54, 1.807) is 43.3 Å². The minimum absolute atomic E-state index is 0.308. The Balaban J connectivity index is 2.30. The van der Waals surface area contributed by atoms with Gasteiger partial charge in [-0.15, -0.1) is 0 Å². The molecule has 3 nitrogen and oxygen atoms in total. The van der Waals surface area contributed by atoms with Crippen LogP contribution in [0.15, 0.2) is 48.5 Å². The molecule has 0 heterocycles. The zero-order valence-electron chi connectivity index (χ0n) is 11.5. The van der Waals surface area contributed by atoms with Crippen LogP contribution in [0.3, 0.4) is 0 Å². The zero-order chi connectivity index (χ0) is 15.2. The van der Waals surface area contributed by atoms with E-state index in [9.17, 15) is 4.79 Å². The van der Waals surface area contributed by atoms with Gasteiger partial charge in [-0.25, -0.2) is 4.79 Å². The van der Waals surface area contributed by atoms with Crippen LogP contribution in [0.1, 0.15) is 18.5 Å². The highest BCUT2D eigenvalue weighted by molar-refractivity contribution is 6.31. The number of hydrogen-bond donors (Lipinski definition) is 1. The first-order valence-corrected chi connectivity index (χ1v) is 7.30. The van der Waals surface area contributed by atoms with E-state index >= 15 is 0 Å². The molecule has 2 aromatic carbocycles. The quantitative estimate of drug-likeness (QED) is 0.810. The van der Waals surface area contributed by atoms with Crippen molar-refractivity contribution in [3.63, 3.8) is 0 Å². The van der Waals surface area contributed by atoms with Crippen molar-refractivity contribution < 1.29 is 9.53 Å². The van der Waals surface area contributed by atoms with Crippen LogP contribution < -0.4 is 5.32 Å². The lowest BCUT2D eigenvalue weighted by Crippen LogP contribution is -2.23. The van der Waals surface area contributed by atoms with Gasteiger partial charge in [0.1, 0.15) is 0 Å². The highest BCUT2D eigenvalue weighted by atomic mass is 35.5. The van der Waals surface area contributed by atoms with Gasteiger partial charge in [0.15, 0.2) is 6.04 Å². The number of esters is 1. The molecular formula is C16H15Cl2NO2. The Bertz CT molecular complexity index is 614. The molecule has 0 saturated heterocycles. The highest BCUT2D eigenvalue weighted by Gasteiger charge is 2.23. The first kappa shape index (κ1) is 15.7. The first-order valence-electron chi connectivity index (χ1n) is 6.55. The van der Waals surface area contributed by atoms with Gasteiger partial charge in [0.25, 0.3) is 0 Å². The summed E-state index contributed by atoms with van der Waals surface area (Å²) in [4.78, 5) is 12.2. The Kier molecular flexibility index (Phi) is 5.48. The maximum atomic E-state index is 12.2. The van der Waals surface area contributed by atoms with Crippen LogP contribution in [-0.4, -0.2) is 12.6 Å². The van der Waals surface area contributed by atoms with Crippen molar-refractivity contribution in [2.24, 2.45) is 0 Å². The van der Waals surface area contributed by atoms with Crippen LogP contribution in [0.2, 0.25) is 10.0 Å². The van der Waals surface area contributed by atoms with Crippen LogP contribution in [0.4, 0.5) is 5.69 Å². The summed E-state index contributed by atoms with van der Waals surface area (Å²) in [6, 6.07) is 13.6. The summed E-state index contributed by atoms with van der Waals surface area (Å²) >= 11 is 12.0. The maximum Gasteiger partial charge on any atom is 0.333 e. The van der Waals surface area contributed by atoms with Gasteiger partial charge in [-0.2, -0.15) is 0 Å². The molecule has 2 aromatic rings. The van der Waals surface area contributed by atoms with Gasteiger partial charge in [-0.05, 0) is 37.3 Å². The Labute approximate surface area is 133 Å². The van der Waals surface area contributed by atoms with Crippen molar-refractivity contribution in [3.05, 3.63) is 64.1 Å². The van der Waals surface area contributed by atoms with Crippen LogP contribution in [-0.2, 0) is 9.53 Å². The van der Waals surface area contributed by atoms with Gasteiger partial charge in [0, 0.05) is 21.3 Å². The average molecular weight is 324 g/mol. The predicted octanol–water partition coefficient (Wildman–Crippen LogP) is 4.71. The molecule has 0 aliphatic heterocycles. The second-order valence-electron chi connectivity index (χ2n) is 4.36. The van der Waals surface area contributed by atoms with Gasteiger partial charge in [0.05, 0.1) is 6.61 Å². The minimum atomic E-state index is -0.667. The maximum absolute atomic E-state index is 12.2. The summed E-state index contributed by atoms with van der Waals surface area (Å²) in [6.45, 7) is 2.08. The number of halogens is 2. The van der Waals surface area contributed by atoms with Gasteiger partial charge in [-0.1, -0.05) is 41.4 Å². The third-order valence-electron chi connectivity index (χ3n) is 2.89. The Morgan fingerprint density at radius 3 is 2.43 bits per heavy atom. The molecule has 1 atom stereocenters. The molecule has 0 amide bonds. The number of hydrogen-bond acceptors (Lipinski definition) is 3. The molecule has 21 heavy (non-hydrogen) atoms. The number of nitrogens with one attached hydrogen (secondary N) is 1. The van der Waals surface area contributed by atoms with Crippen LogP contribution in [0.25, 0.3) is 0 Å². The van der Waals surface area contributed by atoms with Crippen molar-refractivity contribution in [3.8, 4) is 0 Å². The molecule has 0 bridgehead atoms. The molecule has 0 fully saturated rings. The summed E-state index contributed by atoms with van der Waals surface area (Å²) in [5, 5.41) is 4.27. The van der Waals surface area contributed by atoms with Crippen LogP contribution >= 0.6 is 23.2 Å². The lowest BCUT2D eigenvalue weighted by molar-refractivity contribution is -0.144. The fraction of sp³-hybridized carbons (Fsp3) is 0.188. The van der Waals surface area contributed by atoms with Crippen molar-refractivity contribution in [1.29, 1.82) is 0 Å². The summed E-state index contributed by atoms with van der Waals surface area (Å²) < 4.78 is 5.12. The molecule has 1 unspecified atom stereocenters. The van der Waals surface area contributed by atoms with E-state index in [1.165, 1.54) is 0 Å². The highest BCUT2D eigenvalue weighted by Crippen LogP contribution is 2.27. The van der Waals surface area contributed by atoms with Crippen molar-refractivity contribution in [2.45, 2.75) is 13.0 Å². The molecule has 0 saturated carbocycles. The van der Waals surface area contributed by atoms with Gasteiger partial charge < -0.3 is 10.1 Å². The molecule has 5 heteroatoms. The third kappa shape index (κ3) is 4.13. The van der Waals surface area contributed by atoms with Crippen LogP contribution in [0.5, 0.6) is 0 Å². The molecule has 0 aliphatic rings. The lowest BCUT2D eigenvalue weighted by Gasteiger charge is -2.19. The molecule has 110 valence electrons. The molecule has 0 spiro atoms. The number of carbonyl (C=O) groups excluding carboxylic acids is 1. The zero-order valence-corrected chi connectivity index (χ0v) is 13.0. The predicted molar refractivity (Wildman–Crippen MR) is 85.9 cm³/mol. The molecule has 1 N–H and O–H groups in total. The monoisotopic (exact) mass is 323 g/mol. The van der Waals surface area contributed by atoms with Crippen molar-refractivity contribution >= 4 is 34.9 Å². The van der Waals surface area contributed by atoms with E-state index in [2.05, 4.69) is 5.32 Å². The second kappa shape index (κ2) is 7.34. The molecule has 0 radical (unpaired) electrons. The summed E-state index contributed by atoms with van der Waals surface area (Å²) in [7, 11) is 0. The van der Waals surface area contributed by atoms with E-state index in [0.29, 0.717) is 22.2 Å². The number of benzene rings is 2. The number of rotatable bonds is 5. The molecule has 2 rings (SSSR count). The Hall–Kier alpha value is -1.71. The van der Waals surface area contributed by atoms with E-state index in [1.807, 2.05) is 12.1 Å². The second-order valence-corrected chi connectivity index (χ2v) is 5.20. The molecular weight excluding hydrogens is 309 g/mol. The fourth-order valence-corrected chi connectivity index (χ4v) is 2.28. The number of ether oxygens (including phenoxy) is 1. The molecule has 0 aromatic heterocycles. The average Bonchev–Trinajstić information content (AvgIpc) is 2.48. The van der Waals surface area contributed by atoms with Crippen molar-refractivity contribution in [2.75, 3.05) is 11.9 Å². The standard InChI is InChI=1S/C16H15Cl2NO2/c1-2-21-16(20)15(13-5-3-4-6-14(13)18)19-12-9-7-11(17)8-10-12/h3-10,15,19H,2H2,1H3. The first-order chi connectivity index (χ1) is 10.1. The van der Waals surface area contributed by atoms with Gasteiger partial charge in [0.2, 0.25) is 0 Å². The fourth-order valence-electron chi connectivity index (χ4n) is 1.91. The minimum Gasteiger partial charge on any atom is -0.464 e. The lowest BCUT2D eigenvalue weighted by atomic mass is 10.1. The van der Waals surface area contributed by atoms with Crippen LogP contribution in [0, 0.1) is 0 Å². The van der Waals surface area contributed by atoms with Gasteiger partial charge in [-0.3, -0.25) is 0 Å². The normalized spacial score (nSPS) is 11.8.